The van der Waals surface area contributed by atoms with E-state index in [1.807, 2.05) is 0 Å². The van der Waals surface area contributed by atoms with Crippen LogP contribution in [0.15, 0.2) is 9.26 Å². The van der Waals surface area contributed by atoms with Crippen molar-refractivity contribution >= 4 is 23.3 Å². The second-order valence-electron chi connectivity index (χ2n) is 12.8. The molecule has 12 heteroatoms. The summed E-state index contributed by atoms with van der Waals surface area (Å²) >= 11 is 0. The van der Waals surface area contributed by atoms with Gasteiger partial charge >= 0.3 is 0 Å². The molecule has 2 aromatic heterocycles. The molecule has 6 heterocycles. The third kappa shape index (κ3) is 2.34. The molecule has 6 fully saturated rings. The first-order valence-corrected chi connectivity index (χ1v) is 14.0. The number of rotatable bonds is 2. The van der Waals surface area contributed by atoms with Crippen LogP contribution in [-0.4, -0.2) is 81.5 Å². The van der Waals surface area contributed by atoms with Crippen LogP contribution in [0, 0.1) is 23.7 Å². The fraction of sp³-hybridized carbons (Fsp3) is 0.833. The molecule has 6 atom stereocenters. The van der Waals surface area contributed by atoms with Crippen LogP contribution in [0.4, 0.5) is 23.3 Å². The van der Waals surface area contributed by atoms with E-state index in [2.05, 4.69) is 50.0 Å². The van der Waals surface area contributed by atoms with Crippen molar-refractivity contribution in [1.82, 2.24) is 30.4 Å². The summed E-state index contributed by atoms with van der Waals surface area (Å²) in [5, 5.41) is 17.9. The molecular formula is C24H32N10O2. The lowest BCUT2D eigenvalue weighted by Gasteiger charge is -2.63. The Morgan fingerprint density at radius 2 is 0.889 bits per heavy atom. The Morgan fingerprint density at radius 3 is 1.19 bits per heavy atom. The Bertz CT molecular complexity index is 1070. The average molecular weight is 493 g/mol. The van der Waals surface area contributed by atoms with Gasteiger partial charge in [0, 0.05) is 12.1 Å². The molecule has 8 aliphatic rings. The highest BCUT2D eigenvalue weighted by Gasteiger charge is 2.60. The summed E-state index contributed by atoms with van der Waals surface area (Å²) in [7, 11) is 0. The molecular weight excluding hydrogens is 460 g/mol. The van der Waals surface area contributed by atoms with Crippen molar-refractivity contribution in [3.63, 3.8) is 0 Å². The maximum absolute atomic E-state index is 5.43. The topological polar surface area (TPSA) is 97.3 Å². The Hall–Kier alpha value is -2.60. The van der Waals surface area contributed by atoms with E-state index in [0.717, 1.165) is 73.6 Å². The van der Waals surface area contributed by atoms with Gasteiger partial charge in [-0.25, -0.2) is 9.26 Å². The molecule has 10 rings (SSSR count). The maximum Gasteiger partial charge on any atom is 0.220 e. The molecule has 6 unspecified atom stereocenters. The number of fused-ring (bicyclic) bond motifs is 10. The van der Waals surface area contributed by atoms with Crippen molar-refractivity contribution < 1.29 is 9.26 Å². The molecule has 4 aliphatic carbocycles. The second-order valence-corrected chi connectivity index (χ2v) is 12.8. The number of hydrogen-bond acceptors (Lipinski definition) is 12. The molecule has 36 heavy (non-hydrogen) atoms. The Labute approximate surface area is 209 Å². The normalized spacial score (nSPS) is 42.3. The maximum atomic E-state index is 5.43. The lowest BCUT2D eigenvalue weighted by Crippen LogP contribution is -2.80. The Kier molecular flexibility index (Phi) is 3.59. The van der Waals surface area contributed by atoms with Gasteiger partial charge in [-0.05, 0) is 82.8 Å². The van der Waals surface area contributed by atoms with Crippen LogP contribution in [-0.2, 0) is 0 Å². The molecule has 4 aliphatic heterocycles. The van der Waals surface area contributed by atoms with Gasteiger partial charge in [-0.2, -0.15) is 0 Å². The highest BCUT2D eigenvalue weighted by Crippen LogP contribution is 2.53. The molecule has 0 radical (unpaired) electrons. The van der Waals surface area contributed by atoms with Gasteiger partial charge in [0.25, 0.3) is 0 Å². The van der Waals surface area contributed by atoms with E-state index in [1.54, 1.807) is 0 Å². The monoisotopic (exact) mass is 492 g/mol. The molecule has 190 valence electrons. The smallest absolute Gasteiger partial charge is 0.220 e. The Morgan fingerprint density at radius 1 is 0.500 bits per heavy atom. The summed E-state index contributed by atoms with van der Waals surface area (Å²) in [6.45, 7) is 3.41. The van der Waals surface area contributed by atoms with Crippen LogP contribution < -0.4 is 19.6 Å². The summed E-state index contributed by atoms with van der Waals surface area (Å²) in [5.41, 5.74) is 0. The predicted molar refractivity (Wildman–Crippen MR) is 128 cm³/mol. The van der Waals surface area contributed by atoms with Crippen molar-refractivity contribution in [3.05, 3.63) is 0 Å². The van der Waals surface area contributed by atoms with Gasteiger partial charge in [0.2, 0.25) is 23.3 Å². The van der Waals surface area contributed by atoms with E-state index in [1.165, 1.54) is 51.4 Å². The van der Waals surface area contributed by atoms with E-state index < -0.39 is 0 Å². The molecule has 0 amide bonds. The molecule has 12 nitrogen and oxygen atoms in total. The van der Waals surface area contributed by atoms with Gasteiger partial charge in [0.1, 0.15) is 12.3 Å². The zero-order valence-electron chi connectivity index (χ0n) is 20.4. The van der Waals surface area contributed by atoms with Gasteiger partial charge in [0.15, 0.2) is 0 Å². The minimum Gasteiger partial charge on any atom is -0.313 e. The van der Waals surface area contributed by atoms with Gasteiger partial charge < -0.3 is 19.6 Å². The summed E-state index contributed by atoms with van der Waals surface area (Å²) in [6, 6.07) is 1.24. The average Bonchev–Trinajstić information content (AvgIpc) is 3.74. The van der Waals surface area contributed by atoms with Crippen LogP contribution in [0.2, 0.25) is 0 Å². The summed E-state index contributed by atoms with van der Waals surface area (Å²) in [5.74, 6) is 6.87. The highest BCUT2D eigenvalue weighted by molar-refractivity contribution is 5.76. The number of nitrogens with zero attached hydrogens (tertiary/aromatic N) is 10. The fourth-order valence-corrected chi connectivity index (χ4v) is 9.77. The molecule has 2 saturated heterocycles. The first-order valence-electron chi connectivity index (χ1n) is 14.0. The lowest BCUT2D eigenvalue weighted by atomic mass is 9.93. The molecule has 2 aromatic rings. The quantitative estimate of drug-likeness (QED) is 0.612. The van der Waals surface area contributed by atoms with Crippen molar-refractivity contribution in [2.24, 2.45) is 23.7 Å². The van der Waals surface area contributed by atoms with E-state index in [4.69, 9.17) is 9.26 Å². The summed E-state index contributed by atoms with van der Waals surface area (Å²) in [6.07, 6.45) is 11.1. The van der Waals surface area contributed by atoms with E-state index in [0.29, 0.717) is 12.1 Å². The van der Waals surface area contributed by atoms with Crippen LogP contribution in [0.25, 0.3) is 0 Å². The third-order valence-electron chi connectivity index (χ3n) is 11.2. The highest BCUT2D eigenvalue weighted by atomic mass is 16.6. The van der Waals surface area contributed by atoms with Crippen molar-refractivity contribution in [1.29, 1.82) is 0 Å². The first-order chi connectivity index (χ1) is 17.8. The summed E-state index contributed by atoms with van der Waals surface area (Å²) < 4.78 is 10.9. The molecule has 0 N–H and O–H groups in total. The molecule has 4 bridgehead atoms. The largest absolute Gasteiger partial charge is 0.313 e. The number of aromatic nitrogens is 4. The first kappa shape index (κ1) is 19.5. The fourth-order valence-electron chi connectivity index (χ4n) is 9.77. The van der Waals surface area contributed by atoms with Crippen molar-refractivity contribution in [2.75, 3.05) is 46.3 Å². The lowest BCUT2D eigenvalue weighted by molar-refractivity contribution is 0.0764. The van der Waals surface area contributed by atoms with Crippen molar-refractivity contribution in [3.8, 4) is 0 Å². The molecule has 0 spiro atoms. The van der Waals surface area contributed by atoms with Gasteiger partial charge in [-0.1, -0.05) is 12.8 Å². The third-order valence-corrected chi connectivity index (χ3v) is 11.2. The molecule has 4 saturated carbocycles. The van der Waals surface area contributed by atoms with E-state index >= 15 is 0 Å². The SMILES string of the molecule is C1CC2CC1CC2N1CN2c3nonc3N3CN(C4CC5CCC4C5)CN4c5nonc5N(C1)C2C34. The van der Waals surface area contributed by atoms with Crippen LogP contribution in [0.3, 0.4) is 0 Å². The predicted octanol–water partition coefficient (Wildman–Crippen LogP) is 1.90. The molecule has 0 aromatic carbocycles. The summed E-state index contributed by atoms with van der Waals surface area (Å²) in [4.78, 5) is 15.0. The second kappa shape index (κ2) is 6.63. The minimum atomic E-state index is 0.0702. The zero-order chi connectivity index (χ0) is 23.1. The number of anilines is 4. The zero-order valence-corrected chi connectivity index (χ0v) is 20.4. The van der Waals surface area contributed by atoms with Crippen LogP contribution in [0.1, 0.15) is 51.4 Å². The van der Waals surface area contributed by atoms with Gasteiger partial charge in [-0.3, -0.25) is 9.80 Å². The van der Waals surface area contributed by atoms with Gasteiger partial charge in [0.05, 0.1) is 26.7 Å². The number of hydrogen-bond donors (Lipinski definition) is 0. The van der Waals surface area contributed by atoms with Crippen molar-refractivity contribution in [2.45, 2.75) is 75.8 Å². The van der Waals surface area contributed by atoms with Gasteiger partial charge in [-0.15, -0.1) is 0 Å². The Balaban J connectivity index is 1.07. The van der Waals surface area contributed by atoms with Crippen LogP contribution >= 0.6 is 0 Å². The standard InChI is InChI=1S/C24H32N10O2/c1-3-15-5-13(1)7-17(15)29-9-31-19-21(27-35-25-19)33-11-30(18-8-14-2-4-16(18)6-14)12-34-22-20(26-36-28-22)32(10-29)23(31)24(33)34/h13-18,23-24H,1-12H2. The minimum absolute atomic E-state index is 0.0702. The van der Waals surface area contributed by atoms with Crippen LogP contribution in [0.5, 0.6) is 0 Å². The van der Waals surface area contributed by atoms with E-state index in [-0.39, 0.29) is 12.3 Å². The van der Waals surface area contributed by atoms with E-state index in [9.17, 15) is 0 Å².